The first-order chi connectivity index (χ1) is 18.0. The Bertz CT molecular complexity index is 1360. The number of rotatable bonds is 9. The monoisotopic (exact) mass is 552 g/mol. The Hall–Kier alpha value is -3.17. The number of methoxy groups -OCH3 is 1. The number of nitrogens with one attached hydrogen (secondary N) is 1. The lowest BCUT2D eigenvalue weighted by Crippen LogP contribution is -2.31. The van der Waals surface area contributed by atoms with E-state index < -0.39 is 0 Å². The molecule has 1 amide bonds. The van der Waals surface area contributed by atoms with Crippen LogP contribution in [-0.2, 0) is 13.2 Å². The number of likely N-dealkylation sites (tertiary alicyclic amines) is 1. The zero-order valence-electron chi connectivity index (χ0n) is 21.8. The molecule has 1 saturated heterocycles. The lowest BCUT2D eigenvalue weighted by Gasteiger charge is -2.20. The summed E-state index contributed by atoms with van der Waals surface area (Å²) in [6, 6.07) is 22.2. The number of hydrogen-bond donors (Lipinski definition) is 1. The Morgan fingerprint density at radius 1 is 1.05 bits per heavy atom. The maximum absolute atomic E-state index is 13.0. The summed E-state index contributed by atoms with van der Waals surface area (Å²) in [6.07, 6.45) is 1.19. The van der Waals surface area contributed by atoms with Crippen molar-refractivity contribution in [1.29, 1.82) is 0 Å². The molecule has 1 N–H and O–H groups in total. The van der Waals surface area contributed by atoms with Crippen LogP contribution in [0.3, 0.4) is 0 Å². The molecule has 4 aromatic rings. The van der Waals surface area contributed by atoms with E-state index in [-0.39, 0.29) is 18.3 Å². The van der Waals surface area contributed by atoms with Crippen LogP contribution >= 0.6 is 23.7 Å². The Balaban J connectivity index is 0.00000336. The van der Waals surface area contributed by atoms with Gasteiger partial charge < -0.3 is 14.4 Å². The Morgan fingerprint density at radius 3 is 2.47 bits per heavy atom. The summed E-state index contributed by atoms with van der Waals surface area (Å²) >= 11 is 1.38. The number of carbonyl (C=O) groups excluding carboxylic acids is 1. The van der Waals surface area contributed by atoms with Crippen molar-refractivity contribution >= 4 is 45.0 Å². The SMILES string of the molecule is COc1ccc(OCc2ccccc2)c2sc(NC(=O)c3ccc(CN4CCC(N(C)C)C4)cc3)nc12.Cl. The van der Waals surface area contributed by atoms with Crippen molar-refractivity contribution in [2.75, 3.05) is 39.6 Å². The largest absolute Gasteiger partial charge is 0.494 e. The van der Waals surface area contributed by atoms with Crippen molar-refractivity contribution in [2.24, 2.45) is 0 Å². The number of thiazole rings is 1. The molecule has 0 spiro atoms. The number of carbonyl (C=O) groups is 1. The molecule has 1 atom stereocenters. The highest BCUT2D eigenvalue weighted by atomic mass is 35.5. The summed E-state index contributed by atoms with van der Waals surface area (Å²) in [5.74, 6) is 1.16. The van der Waals surface area contributed by atoms with E-state index in [1.54, 1.807) is 7.11 Å². The molecule has 0 saturated carbocycles. The fraction of sp³-hybridized carbons (Fsp3) is 0.310. The lowest BCUT2D eigenvalue weighted by molar-refractivity contribution is 0.102. The third kappa shape index (κ3) is 6.45. The van der Waals surface area contributed by atoms with Crippen LogP contribution in [0.2, 0.25) is 0 Å². The summed E-state index contributed by atoms with van der Waals surface area (Å²) in [5, 5.41) is 3.46. The maximum Gasteiger partial charge on any atom is 0.257 e. The number of halogens is 1. The topological polar surface area (TPSA) is 66.9 Å². The number of nitrogens with zero attached hydrogens (tertiary/aromatic N) is 3. The number of aromatic nitrogens is 1. The molecular formula is C29H33ClN4O3S. The number of anilines is 1. The minimum absolute atomic E-state index is 0. The van der Waals surface area contributed by atoms with Gasteiger partial charge >= 0.3 is 0 Å². The van der Waals surface area contributed by atoms with Gasteiger partial charge in [0, 0.05) is 31.2 Å². The van der Waals surface area contributed by atoms with Crippen molar-refractivity contribution in [2.45, 2.75) is 25.6 Å². The van der Waals surface area contributed by atoms with Gasteiger partial charge in [0.2, 0.25) is 0 Å². The summed E-state index contributed by atoms with van der Waals surface area (Å²) in [4.78, 5) is 22.4. The zero-order valence-corrected chi connectivity index (χ0v) is 23.5. The minimum Gasteiger partial charge on any atom is -0.494 e. The molecule has 0 aliphatic carbocycles. The van der Waals surface area contributed by atoms with Crippen LogP contribution in [0.15, 0.2) is 66.7 Å². The molecule has 1 aliphatic heterocycles. The van der Waals surface area contributed by atoms with Crippen molar-refractivity contribution in [3.05, 3.63) is 83.4 Å². The van der Waals surface area contributed by atoms with Crippen molar-refractivity contribution in [3.8, 4) is 11.5 Å². The van der Waals surface area contributed by atoms with E-state index in [2.05, 4.69) is 34.2 Å². The van der Waals surface area contributed by atoms with Gasteiger partial charge in [-0.05, 0) is 55.9 Å². The average Bonchev–Trinajstić information content (AvgIpc) is 3.56. The molecule has 0 bridgehead atoms. The molecular weight excluding hydrogens is 520 g/mol. The third-order valence-corrected chi connectivity index (χ3v) is 7.73. The highest BCUT2D eigenvalue weighted by Gasteiger charge is 2.24. The Morgan fingerprint density at radius 2 is 1.79 bits per heavy atom. The number of likely N-dealkylation sites (N-methyl/N-ethyl adjacent to an activating group) is 1. The van der Waals surface area contributed by atoms with Gasteiger partial charge in [0.05, 0.1) is 7.11 Å². The molecule has 2 heterocycles. The highest BCUT2D eigenvalue weighted by molar-refractivity contribution is 7.22. The molecule has 1 fully saturated rings. The van der Waals surface area contributed by atoms with Crippen LogP contribution < -0.4 is 14.8 Å². The molecule has 7 nitrogen and oxygen atoms in total. The molecule has 38 heavy (non-hydrogen) atoms. The van der Waals surface area contributed by atoms with Gasteiger partial charge in [0.1, 0.15) is 28.3 Å². The van der Waals surface area contributed by atoms with Gasteiger partial charge in [-0.25, -0.2) is 4.98 Å². The quantitative estimate of drug-likeness (QED) is 0.287. The molecule has 1 unspecified atom stereocenters. The first-order valence-corrected chi connectivity index (χ1v) is 13.2. The van der Waals surface area contributed by atoms with Crippen LogP contribution in [0.1, 0.15) is 27.9 Å². The summed E-state index contributed by atoms with van der Waals surface area (Å²) in [7, 11) is 5.89. The van der Waals surface area contributed by atoms with Gasteiger partial charge in [0.15, 0.2) is 5.13 Å². The molecule has 3 aromatic carbocycles. The minimum atomic E-state index is -0.190. The second-order valence-electron chi connectivity index (χ2n) is 9.53. The molecule has 200 valence electrons. The summed E-state index contributed by atoms with van der Waals surface area (Å²) < 4.78 is 12.4. The van der Waals surface area contributed by atoms with Crippen LogP contribution in [0.5, 0.6) is 11.5 Å². The van der Waals surface area contributed by atoms with Crippen LogP contribution in [0, 0.1) is 0 Å². The molecule has 1 aromatic heterocycles. The lowest BCUT2D eigenvalue weighted by atomic mass is 10.1. The van der Waals surface area contributed by atoms with E-state index in [0.29, 0.717) is 40.4 Å². The van der Waals surface area contributed by atoms with Crippen molar-refractivity contribution < 1.29 is 14.3 Å². The predicted molar refractivity (Wildman–Crippen MR) is 156 cm³/mol. The van der Waals surface area contributed by atoms with E-state index in [4.69, 9.17) is 9.47 Å². The van der Waals surface area contributed by atoms with E-state index in [1.807, 2.05) is 66.7 Å². The predicted octanol–water partition coefficient (Wildman–Crippen LogP) is 5.69. The highest BCUT2D eigenvalue weighted by Crippen LogP contribution is 2.39. The number of benzene rings is 3. The maximum atomic E-state index is 13.0. The summed E-state index contributed by atoms with van der Waals surface area (Å²) in [6.45, 7) is 3.52. The Labute approximate surface area is 233 Å². The van der Waals surface area contributed by atoms with Crippen LogP contribution in [-0.4, -0.2) is 61.0 Å². The second kappa shape index (κ2) is 12.6. The normalized spacial score (nSPS) is 15.4. The van der Waals surface area contributed by atoms with Gasteiger partial charge in [-0.1, -0.05) is 53.8 Å². The first kappa shape index (κ1) is 27.9. The van der Waals surface area contributed by atoms with E-state index in [1.165, 1.54) is 23.3 Å². The fourth-order valence-electron chi connectivity index (χ4n) is 4.59. The summed E-state index contributed by atoms with van der Waals surface area (Å²) in [5.41, 5.74) is 3.56. The number of amides is 1. The second-order valence-corrected chi connectivity index (χ2v) is 10.5. The van der Waals surface area contributed by atoms with Gasteiger partial charge in [-0.15, -0.1) is 12.4 Å². The third-order valence-electron chi connectivity index (χ3n) is 6.75. The van der Waals surface area contributed by atoms with E-state index in [9.17, 15) is 4.79 Å². The number of hydrogen-bond acceptors (Lipinski definition) is 7. The van der Waals surface area contributed by atoms with Crippen molar-refractivity contribution in [1.82, 2.24) is 14.8 Å². The molecule has 5 rings (SSSR count). The average molecular weight is 553 g/mol. The van der Waals surface area contributed by atoms with Gasteiger partial charge in [-0.3, -0.25) is 15.0 Å². The fourth-order valence-corrected chi connectivity index (χ4v) is 5.54. The Kier molecular flexibility index (Phi) is 9.22. The number of ether oxygens (including phenoxy) is 2. The smallest absolute Gasteiger partial charge is 0.257 e. The van der Waals surface area contributed by atoms with E-state index in [0.717, 1.165) is 29.9 Å². The first-order valence-electron chi connectivity index (χ1n) is 12.4. The van der Waals surface area contributed by atoms with Crippen LogP contribution in [0.4, 0.5) is 5.13 Å². The number of fused-ring (bicyclic) bond motifs is 1. The molecule has 9 heteroatoms. The van der Waals surface area contributed by atoms with Gasteiger partial charge in [-0.2, -0.15) is 0 Å². The van der Waals surface area contributed by atoms with E-state index >= 15 is 0 Å². The van der Waals surface area contributed by atoms with Gasteiger partial charge in [0.25, 0.3) is 5.91 Å². The van der Waals surface area contributed by atoms with Crippen LogP contribution in [0.25, 0.3) is 10.2 Å². The van der Waals surface area contributed by atoms with Crippen molar-refractivity contribution in [3.63, 3.8) is 0 Å². The standard InChI is InChI=1S/C29H32N4O3S.ClH/c1-32(2)23-15-16-33(18-23)17-20-9-11-22(12-10-20)28(34)31-29-30-26-24(35-3)13-14-25(27(26)37-29)36-19-21-7-5-4-6-8-21;/h4-14,23H,15-19H2,1-3H3,(H,30,31,34);1H. The zero-order chi connectivity index (χ0) is 25.8. The molecule has 0 radical (unpaired) electrons. The molecule has 1 aliphatic rings.